The van der Waals surface area contributed by atoms with Crippen LogP contribution in [0.4, 0.5) is 28.7 Å². The average Bonchev–Trinajstić information content (AvgIpc) is 2.81. The van der Waals surface area contributed by atoms with Crippen molar-refractivity contribution in [2.24, 2.45) is 0 Å². The molecule has 0 aliphatic carbocycles. The van der Waals surface area contributed by atoms with Crippen molar-refractivity contribution in [3.63, 3.8) is 0 Å². The Kier molecular flexibility index (Phi) is 7.11. The Labute approximate surface area is 186 Å². The van der Waals surface area contributed by atoms with Gasteiger partial charge >= 0.3 is 0 Å². The van der Waals surface area contributed by atoms with Crippen molar-refractivity contribution >= 4 is 28.7 Å². The number of hydrogen-bond donors (Lipinski definition) is 2. The molecule has 166 valence electrons. The largest absolute Gasteiger partial charge is 0.492 e. The van der Waals surface area contributed by atoms with Crippen LogP contribution in [-0.2, 0) is 4.74 Å². The number of nitrogens with one attached hydrogen (secondary N) is 2. The number of morpholine rings is 1. The number of anilines is 4. The normalized spacial score (nSPS) is 14.0. The number of nitro groups is 1. The average molecular weight is 435 g/mol. The highest BCUT2D eigenvalue weighted by Gasteiger charge is 2.17. The van der Waals surface area contributed by atoms with Crippen molar-refractivity contribution in [1.29, 1.82) is 0 Å². The number of ether oxygens (including phenoxy) is 2. The molecule has 0 saturated carbocycles. The molecule has 0 radical (unpaired) electrons. The molecule has 2 N–H and O–H groups in total. The molecule has 1 aliphatic rings. The highest BCUT2D eigenvalue weighted by molar-refractivity contribution is 5.70. The molecule has 2 aromatic carbocycles. The second kappa shape index (κ2) is 10.6. The maximum Gasteiger partial charge on any atom is 0.296 e. The first kappa shape index (κ1) is 21.5. The molecule has 32 heavy (non-hydrogen) atoms. The molecule has 3 aromatic rings. The minimum atomic E-state index is -0.427. The van der Waals surface area contributed by atoms with Crippen LogP contribution >= 0.6 is 0 Å². The van der Waals surface area contributed by atoms with Gasteiger partial charge in [0.05, 0.1) is 24.2 Å². The van der Waals surface area contributed by atoms with Crippen LogP contribution in [-0.4, -0.2) is 54.3 Å². The molecule has 0 bridgehead atoms. The molecule has 1 aliphatic heterocycles. The predicted octanol–water partition coefficient (Wildman–Crippen LogP) is 4.19. The molecular formula is C23H25N5O4. The third kappa shape index (κ3) is 5.93. The summed E-state index contributed by atoms with van der Waals surface area (Å²) < 4.78 is 11.1. The van der Waals surface area contributed by atoms with E-state index in [0.717, 1.165) is 38.5 Å². The zero-order valence-corrected chi connectivity index (χ0v) is 17.6. The van der Waals surface area contributed by atoms with Gasteiger partial charge in [-0.1, -0.05) is 24.3 Å². The number of nitrogens with zero attached hydrogens (tertiary/aromatic N) is 3. The van der Waals surface area contributed by atoms with Crippen LogP contribution in [0.1, 0.15) is 0 Å². The lowest BCUT2D eigenvalue weighted by atomic mass is 10.2. The van der Waals surface area contributed by atoms with E-state index in [1.807, 2.05) is 42.5 Å². The standard InChI is InChI=1S/C23H25N5O4/c29-28(30)21-17-19(32-16-13-27-11-14-31-15-12-27)9-10-20(21)25-23-8-4-7-22(26-23)24-18-5-2-1-3-6-18/h1-10,17H,11-16H2,(H2,24,25,26). The van der Waals surface area contributed by atoms with E-state index < -0.39 is 4.92 Å². The fourth-order valence-corrected chi connectivity index (χ4v) is 3.36. The van der Waals surface area contributed by atoms with Gasteiger partial charge in [0.25, 0.3) is 5.69 Å². The van der Waals surface area contributed by atoms with Crippen LogP contribution in [0, 0.1) is 10.1 Å². The molecule has 9 nitrogen and oxygen atoms in total. The summed E-state index contributed by atoms with van der Waals surface area (Å²) in [7, 11) is 0. The van der Waals surface area contributed by atoms with Gasteiger partial charge in [0, 0.05) is 25.3 Å². The first-order valence-electron chi connectivity index (χ1n) is 10.4. The summed E-state index contributed by atoms with van der Waals surface area (Å²) in [4.78, 5) is 18.0. The summed E-state index contributed by atoms with van der Waals surface area (Å²) in [5, 5.41) is 17.9. The molecule has 0 atom stereocenters. The van der Waals surface area contributed by atoms with Crippen molar-refractivity contribution < 1.29 is 14.4 Å². The van der Waals surface area contributed by atoms with Crippen LogP contribution in [0.15, 0.2) is 66.7 Å². The van der Waals surface area contributed by atoms with Crippen molar-refractivity contribution in [2.45, 2.75) is 0 Å². The molecule has 0 spiro atoms. The summed E-state index contributed by atoms with van der Waals surface area (Å²) >= 11 is 0. The Morgan fingerprint density at radius 2 is 1.75 bits per heavy atom. The third-order valence-corrected chi connectivity index (χ3v) is 5.00. The van der Waals surface area contributed by atoms with Crippen LogP contribution in [0.2, 0.25) is 0 Å². The number of hydrogen-bond acceptors (Lipinski definition) is 8. The van der Waals surface area contributed by atoms with Gasteiger partial charge in [-0.05, 0) is 36.4 Å². The van der Waals surface area contributed by atoms with Gasteiger partial charge in [-0.15, -0.1) is 0 Å². The number of nitro benzene ring substituents is 1. The maximum absolute atomic E-state index is 11.6. The van der Waals surface area contributed by atoms with Crippen molar-refractivity contribution in [1.82, 2.24) is 9.88 Å². The zero-order valence-electron chi connectivity index (χ0n) is 17.6. The Morgan fingerprint density at radius 3 is 2.50 bits per heavy atom. The van der Waals surface area contributed by atoms with E-state index in [-0.39, 0.29) is 5.69 Å². The molecule has 0 amide bonds. The molecule has 1 saturated heterocycles. The predicted molar refractivity (Wildman–Crippen MR) is 123 cm³/mol. The monoisotopic (exact) mass is 435 g/mol. The Bertz CT molecular complexity index is 1040. The van der Waals surface area contributed by atoms with Gasteiger partial charge in [-0.25, -0.2) is 4.98 Å². The summed E-state index contributed by atoms with van der Waals surface area (Å²) in [6, 6.07) is 19.9. The molecular weight excluding hydrogens is 410 g/mol. The lowest BCUT2D eigenvalue weighted by Crippen LogP contribution is -2.38. The zero-order chi connectivity index (χ0) is 22.2. The van der Waals surface area contributed by atoms with Gasteiger partial charge in [0.15, 0.2) is 0 Å². The van der Waals surface area contributed by atoms with Gasteiger partial charge in [0.1, 0.15) is 29.7 Å². The molecule has 2 heterocycles. The number of benzene rings is 2. The highest BCUT2D eigenvalue weighted by Crippen LogP contribution is 2.31. The van der Waals surface area contributed by atoms with E-state index in [0.29, 0.717) is 29.7 Å². The first-order chi connectivity index (χ1) is 15.7. The number of aromatic nitrogens is 1. The highest BCUT2D eigenvalue weighted by atomic mass is 16.6. The quantitative estimate of drug-likeness (QED) is 0.381. The van der Waals surface area contributed by atoms with Crippen LogP contribution in [0.3, 0.4) is 0 Å². The van der Waals surface area contributed by atoms with E-state index in [1.54, 1.807) is 18.2 Å². The van der Waals surface area contributed by atoms with Crippen LogP contribution in [0.5, 0.6) is 5.75 Å². The van der Waals surface area contributed by atoms with Crippen molar-refractivity contribution in [3.8, 4) is 5.75 Å². The minimum Gasteiger partial charge on any atom is -0.492 e. The lowest BCUT2D eigenvalue weighted by molar-refractivity contribution is -0.384. The number of pyridine rings is 1. The van der Waals surface area contributed by atoms with Gasteiger partial charge in [-0.3, -0.25) is 15.0 Å². The summed E-state index contributed by atoms with van der Waals surface area (Å²) in [6.45, 7) is 4.40. The Hall–Kier alpha value is -3.69. The molecule has 4 rings (SSSR count). The Morgan fingerprint density at radius 1 is 1.00 bits per heavy atom. The summed E-state index contributed by atoms with van der Waals surface area (Å²) in [6.07, 6.45) is 0. The van der Waals surface area contributed by atoms with E-state index in [1.165, 1.54) is 6.07 Å². The van der Waals surface area contributed by atoms with Crippen molar-refractivity contribution in [2.75, 3.05) is 50.1 Å². The second-order valence-electron chi connectivity index (χ2n) is 7.26. The van der Waals surface area contributed by atoms with E-state index in [4.69, 9.17) is 9.47 Å². The molecule has 1 aromatic heterocycles. The summed E-state index contributed by atoms with van der Waals surface area (Å²) in [5.41, 5.74) is 1.18. The molecule has 1 fully saturated rings. The number of para-hydroxylation sites is 1. The molecule has 9 heteroatoms. The minimum absolute atomic E-state index is 0.0721. The van der Waals surface area contributed by atoms with E-state index in [2.05, 4.69) is 20.5 Å². The maximum atomic E-state index is 11.6. The lowest BCUT2D eigenvalue weighted by Gasteiger charge is -2.26. The van der Waals surface area contributed by atoms with E-state index in [9.17, 15) is 10.1 Å². The van der Waals surface area contributed by atoms with Crippen molar-refractivity contribution in [3.05, 3.63) is 76.8 Å². The van der Waals surface area contributed by atoms with Crippen LogP contribution in [0.25, 0.3) is 0 Å². The SMILES string of the molecule is O=[N+]([O-])c1cc(OCCN2CCOCC2)ccc1Nc1cccc(Nc2ccccc2)n1. The fraction of sp³-hybridized carbons (Fsp3) is 0.261. The van der Waals surface area contributed by atoms with Gasteiger partial charge in [0.2, 0.25) is 0 Å². The third-order valence-electron chi connectivity index (χ3n) is 5.00. The van der Waals surface area contributed by atoms with E-state index >= 15 is 0 Å². The number of rotatable bonds is 9. The summed E-state index contributed by atoms with van der Waals surface area (Å²) in [5.74, 6) is 1.59. The Balaban J connectivity index is 1.41. The van der Waals surface area contributed by atoms with Gasteiger partial charge < -0.3 is 20.1 Å². The second-order valence-corrected chi connectivity index (χ2v) is 7.26. The smallest absolute Gasteiger partial charge is 0.296 e. The first-order valence-corrected chi connectivity index (χ1v) is 10.4. The fourth-order valence-electron chi connectivity index (χ4n) is 3.36. The molecule has 0 unspecified atom stereocenters. The van der Waals surface area contributed by atoms with Gasteiger partial charge in [-0.2, -0.15) is 0 Å². The topological polar surface area (TPSA) is 102 Å². The van der Waals surface area contributed by atoms with Crippen LogP contribution < -0.4 is 15.4 Å².